The Kier molecular flexibility index (Phi) is 4.90. The van der Waals surface area contributed by atoms with Gasteiger partial charge in [0.1, 0.15) is 5.82 Å². The van der Waals surface area contributed by atoms with Crippen molar-refractivity contribution in [3.05, 3.63) is 66.8 Å². The fourth-order valence-electron chi connectivity index (χ4n) is 3.14. The van der Waals surface area contributed by atoms with Crippen molar-refractivity contribution in [3.63, 3.8) is 0 Å². The Hall–Kier alpha value is -2.94. The lowest BCUT2D eigenvalue weighted by atomic mass is 10.2. The van der Waals surface area contributed by atoms with E-state index in [2.05, 4.69) is 4.90 Å². The zero-order valence-electron chi connectivity index (χ0n) is 14.8. The maximum atomic E-state index is 12.1. The number of anilines is 1. The van der Waals surface area contributed by atoms with Crippen LogP contribution in [0.25, 0.3) is 0 Å². The Morgan fingerprint density at radius 1 is 1.00 bits per heavy atom. The Balaban J connectivity index is 1.65. The van der Waals surface area contributed by atoms with Crippen LogP contribution in [-0.4, -0.2) is 45.1 Å². The molecule has 0 atom stereocenters. The molecule has 0 saturated carbocycles. The van der Waals surface area contributed by atoms with E-state index in [1.54, 1.807) is 19.2 Å². The summed E-state index contributed by atoms with van der Waals surface area (Å²) in [5.74, 6) is 0.632. The number of non-ortho nitro benzene ring substituents is 1. The number of aromatic nitrogens is 2. The first-order valence-corrected chi connectivity index (χ1v) is 8.34. The van der Waals surface area contributed by atoms with Crippen LogP contribution >= 0.6 is 0 Å². The van der Waals surface area contributed by atoms with E-state index in [0.29, 0.717) is 25.5 Å². The Morgan fingerprint density at radius 2 is 1.62 bits per heavy atom. The highest BCUT2D eigenvalue weighted by Gasteiger charge is 2.20. The van der Waals surface area contributed by atoms with E-state index in [1.807, 2.05) is 4.90 Å². The van der Waals surface area contributed by atoms with E-state index in [4.69, 9.17) is 0 Å². The van der Waals surface area contributed by atoms with Crippen LogP contribution < -0.4 is 16.1 Å². The van der Waals surface area contributed by atoms with Crippen LogP contribution in [0.15, 0.2) is 39.9 Å². The maximum Gasteiger partial charge on any atom is 0.332 e. The largest absolute Gasteiger partial charge is 0.355 e. The third kappa shape index (κ3) is 3.52. The second-order valence-corrected chi connectivity index (χ2v) is 6.43. The Bertz CT molecular complexity index is 924. The predicted molar refractivity (Wildman–Crippen MR) is 97.5 cm³/mol. The molecule has 1 aliphatic heterocycles. The molecule has 0 spiro atoms. The quantitative estimate of drug-likeness (QED) is 0.576. The molecule has 9 nitrogen and oxygen atoms in total. The lowest BCUT2D eigenvalue weighted by molar-refractivity contribution is -0.384. The first-order valence-electron chi connectivity index (χ1n) is 8.34. The number of piperazine rings is 1. The molecule has 1 aromatic carbocycles. The van der Waals surface area contributed by atoms with Crippen LogP contribution in [0, 0.1) is 10.1 Å². The summed E-state index contributed by atoms with van der Waals surface area (Å²) in [7, 11) is 3.14. The van der Waals surface area contributed by atoms with E-state index < -0.39 is 4.92 Å². The second-order valence-electron chi connectivity index (χ2n) is 6.43. The van der Waals surface area contributed by atoms with E-state index in [9.17, 15) is 19.7 Å². The molecule has 1 aliphatic rings. The summed E-state index contributed by atoms with van der Waals surface area (Å²) in [5.41, 5.74) is 0.465. The minimum atomic E-state index is -0.406. The molecule has 0 bridgehead atoms. The van der Waals surface area contributed by atoms with Crippen LogP contribution in [-0.2, 0) is 20.6 Å². The molecular weight excluding hydrogens is 338 g/mol. The molecule has 2 heterocycles. The molecule has 138 valence electrons. The SMILES string of the molecule is Cn1c(N2CCN(Cc3ccc([N+](=O)[O-])cc3)CC2)cc(=O)n(C)c1=O. The van der Waals surface area contributed by atoms with Crippen molar-refractivity contribution < 1.29 is 4.92 Å². The third-order valence-electron chi connectivity index (χ3n) is 4.75. The zero-order valence-corrected chi connectivity index (χ0v) is 14.8. The van der Waals surface area contributed by atoms with Gasteiger partial charge in [-0.2, -0.15) is 0 Å². The number of hydrogen-bond acceptors (Lipinski definition) is 6. The van der Waals surface area contributed by atoms with Gasteiger partial charge in [-0.15, -0.1) is 0 Å². The monoisotopic (exact) mass is 359 g/mol. The molecule has 0 aliphatic carbocycles. The minimum absolute atomic E-state index is 0.0881. The van der Waals surface area contributed by atoms with Gasteiger partial charge < -0.3 is 4.90 Å². The number of rotatable bonds is 4. The van der Waals surface area contributed by atoms with Crippen LogP contribution in [0.5, 0.6) is 0 Å². The van der Waals surface area contributed by atoms with E-state index in [0.717, 1.165) is 23.2 Å². The molecule has 3 rings (SSSR count). The smallest absolute Gasteiger partial charge is 0.332 e. The molecule has 0 unspecified atom stereocenters. The van der Waals surface area contributed by atoms with Crippen molar-refractivity contribution in [1.82, 2.24) is 14.0 Å². The lowest BCUT2D eigenvalue weighted by Gasteiger charge is -2.36. The molecule has 2 aromatic rings. The van der Waals surface area contributed by atoms with Gasteiger partial charge in [-0.25, -0.2) is 4.79 Å². The summed E-state index contributed by atoms with van der Waals surface area (Å²) >= 11 is 0. The number of hydrogen-bond donors (Lipinski definition) is 0. The molecule has 1 saturated heterocycles. The van der Waals surface area contributed by atoms with Gasteiger partial charge in [-0.3, -0.25) is 28.9 Å². The summed E-state index contributed by atoms with van der Waals surface area (Å²) < 4.78 is 2.59. The van der Waals surface area contributed by atoms with Gasteiger partial charge in [-0.1, -0.05) is 12.1 Å². The summed E-state index contributed by atoms with van der Waals surface area (Å²) in [6.45, 7) is 3.67. The second kappa shape index (κ2) is 7.12. The minimum Gasteiger partial charge on any atom is -0.355 e. The first kappa shape index (κ1) is 17.9. The molecule has 1 fully saturated rings. The number of nitrogens with zero attached hydrogens (tertiary/aromatic N) is 5. The summed E-state index contributed by atoms with van der Waals surface area (Å²) in [5, 5.41) is 10.7. The average Bonchev–Trinajstić information content (AvgIpc) is 2.64. The molecular formula is C17H21N5O4. The average molecular weight is 359 g/mol. The molecule has 9 heteroatoms. The van der Waals surface area contributed by atoms with Crippen molar-refractivity contribution >= 4 is 11.5 Å². The zero-order chi connectivity index (χ0) is 18.8. The fraction of sp³-hybridized carbons (Fsp3) is 0.412. The van der Waals surface area contributed by atoms with Gasteiger partial charge >= 0.3 is 5.69 Å². The normalized spacial score (nSPS) is 15.2. The predicted octanol–water partition coefficient (Wildman–Crippen LogP) is 0.314. The molecule has 0 N–H and O–H groups in total. The van der Waals surface area contributed by atoms with Crippen molar-refractivity contribution in [3.8, 4) is 0 Å². The standard InChI is InChI=1S/C17H21N5O4/c1-18-15(11-16(23)19(2)17(18)24)21-9-7-20(8-10-21)12-13-3-5-14(6-4-13)22(25)26/h3-6,11H,7-10,12H2,1-2H3. The lowest BCUT2D eigenvalue weighted by Crippen LogP contribution is -2.49. The van der Waals surface area contributed by atoms with E-state index in [1.165, 1.54) is 29.8 Å². The van der Waals surface area contributed by atoms with Crippen LogP contribution in [0.4, 0.5) is 11.5 Å². The number of nitro groups is 1. The van der Waals surface area contributed by atoms with Crippen LogP contribution in [0.3, 0.4) is 0 Å². The fourth-order valence-corrected chi connectivity index (χ4v) is 3.14. The molecule has 1 aromatic heterocycles. The van der Waals surface area contributed by atoms with Crippen molar-refractivity contribution in [2.45, 2.75) is 6.54 Å². The molecule has 26 heavy (non-hydrogen) atoms. The Morgan fingerprint density at radius 3 is 2.19 bits per heavy atom. The van der Waals surface area contributed by atoms with Gasteiger partial charge in [0.05, 0.1) is 4.92 Å². The van der Waals surface area contributed by atoms with Gasteiger partial charge in [-0.05, 0) is 5.56 Å². The summed E-state index contributed by atoms with van der Waals surface area (Å²) in [4.78, 5) is 38.6. The van der Waals surface area contributed by atoms with Crippen LogP contribution in [0.2, 0.25) is 0 Å². The van der Waals surface area contributed by atoms with Crippen molar-refractivity contribution in [1.29, 1.82) is 0 Å². The highest BCUT2D eigenvalue weighted by Crippen LogP contribution is 2.16. The van der Waals surface area contributed by atoms with Gasteiger partial charge in [0, 0.05) is 65.0 Å². The number of nitro benzene ring substituents is 1. The summed E-state index contributed by atoms with van der Waals surface area (Å²) in [6.07, 6.45) is 0. The molecule has 0 amide bonds. The van der Waals surface area contributed by atoms with Gasteiger partial charge in [0.25, 0.3) is 11.2 Å². The first-order chi connectivity index (χ1) is 12.4. The van der Waals surface area contributed by atoms with Crippen molar-refractivity contribution in [2.75, 3.05) is 31.1 Å². The summed E-state index contributed by atoms with van der Waals surface area (Å²) in [6, 6.07) is 8.07. The van der Waals surface area contributed by atoms with Crippen LogP contribution in [0.1, 0.15) is 5.56 Å². The van der Waals surface area contributed by atoms with E-state index >= 15 is 0 Å². The number of benzene rings is 1. The van der Waals surface area contributed by atoms with Gasteiger partial charge in [0.15, 0.2) is 0 Å². The highest BCUT2D eigenvalue weighted by atomic mass is 16.6. The maximum absolute atomic E-state index is 12.1. The van der Waals surface area contributed by atoms with E-state index in [-0.39, 0.29) is 16.9 Å². The topological polar surface area (TPSA) is 93.6 Å². The molecule has 0 radical (unpaired) electrons. The van der Waals surface area contributed by atoms with Crippen molar-refractivity contribution in [2.24, 2.45) is 14.1 Å². The van der Waals surface area contributed by atoms with Gasteiger partial charge in [0.2, 0.25) is 0 Å². The highest BCUT2D eigenvalue weighted by molar-refractivity contribution is 5.39. The third-order valence-corrected chi connectivity index (χ3v) is 4.75. The Labute approximate surface area is 149 Å².